The Labute approximate surface area is 243 Å². The average molecular weight is 594 g/mol. The number of thioether (sulfide) groups is 1. The van der Waals surface area contributed by atoms with Crippen molar-refractivity contribution in [2.24, 2.45) is 0 Å². The molecule has 0 saturated carbocycles. The lowest BCUT2D eigenvalue weighted by molar-refractivity contribution is 0.0681. The lowest BCUT2D eigenvalue weighted by Crippen LogP contribution is -2.39. The van der Waals surface area contributed by atoms with Crippen molar-refractivity contribution < 1.29 is 23.1 Å². The first kappa shape index (κ1) is 29.8. The molecule has 2 aromatic carbocycles. The number of rotatable bonds is 12. The Balaban J connectivity index is 1.55. The third-order valence-corrected chi connectivity index (χ3v) is 8.39. The summed E-state index contributed by atoms with van der Waals surface area (Å²) in [4.78, 5) is 33.1. The van der Waals surface area contributed by atoms with Crippen LogP contribution in [0.2, 0.25) is 0 Å². The first-order chi connectivity index (χ1) is 19.7. The van der Waals surface area contributed by atoms with Crippen molar-refractivity contribution in [3.8, 4) is 11.1 Å². The Hall–Kier alpha value is -4.16. The van der Waals surface area contributed by atoms with Gasteiger partial charge in [-0.2, -0.15) is 0 Å². The Kier molecular flexibility index (Phi) is 9.79. The molecule has 41 heavy (non-hydrogen) atoms. The van der Waals surface area contributed by atoms with Gasteiger partial charge in [-0.25, -0.2) is 27.7 Å². The summed E-state index contributed by atoms with van der Waals surface area (Å²) in [6, 6.07) is 18.0. The summed E-state index contributed by atoms with van der Waals surface area (Å²) in [7, 11) is -4.19. The molecule has 4 rings (SSSR count). The predicted octanol–water partition coefficient (Wildman–Crippen LogP) is 4.94. The van der Waals surface area contributed by atoms with Crippen LogP contribution in [0.4, 0.5) is 4.79 Å². The zero-order chi connectivity index (χ0) is 29.4. The van der Waals surface area contributed by atoms with Crippen LogP contribution in [0.25, 0.3) is 11.1 Å². The van der Waals surface area contributed by atoms with E-state index < -0.39 is 22.0 Å². The number of carboxylic acids is 1. The zero-order valence-electron chi connectivity index (χ0n) is 22.7. The monoisotopic (exact) mass is 593 g/mol. The smallest absolute Gasteiger partial charge is 0.355 e. The quantitative estimate of drug-likeness (QED) is 0.196. The number of amides is 2. The molecule has 4 aromatic rings. The number of aromatic carboxylic acids is 1. The first-order valence-electron chi connectivity index (χ1n) is 13.0. The molecule has 0 aliphatic carbocycles. The van der Waals surface area contributed by atoms with Crippen molar-refractivity contribution in [1.82, 2.24) is 24.6 Å². The van der Waals surface area contributed by atoms with Gasteiger partial charge in [0.25, 0.3) is 10.0 Å². The molecule has 2 aromatic heterocycles. The van der Waals surface area contributed by atoms with Crippen molar-refractivity contribution in [1.29, 1.82) is 0 Å². The van der Waals surface area contributed by atoms with Gasteiger partial charge in [-0.05, 0) is 42.0 Å². The Morgan fingerprint density at radius 2 is 1.76 bits per heavy atom. The van der Waals surface area contributed by atoms with E-state index in [2.05, 4.69) is 26.9 Å². The summed E-state index contributed by atoms with van der Waals surface area (Å²) in [6.45, 7) is 2.46. The second kappa shape index (κ2) is 13.5. The van der Waals surface area contributed by atoms with E-state index >= 15 is 0 Å². The number of hydrogen-bond acceptors (Lipinski definition) is 7. The number of aryl methyl sites for hydroxylation is 1. The lowest BCUT2D eigenvalue weighted by Gasteiger charge is -2.14. The molecule has 0 saturated heterocycles. The van der Waals surface area contributed by atoms with Gasteiger partial charge in [0.1, 0.15) is 10.9 Å². The van der Waals surface area contributed by atoms with Crippen molar-refractivity contribution in [2.75, 3.05) is 6.26 Å². The minimum Gasteiger partial charge on any atom is -0.476 e. The van der Waals surface area contributed by atoms with Crippen LogP contribution in [0.5, 0.6) is 0 Å². The second-order valence-corrected chi connectivity index (χ2v) is 11.6. The largest absolute Gasteiger partial charge is 0.476 e. The highest BCUT2D eigenvalue weighted by Gasteiger charge is 2.23. The third-order valence-electron chi connectivity index (χ3n) is 6.33. The van der Waals surface area contributed by atoms with Gasteiger partial charge >= 0.3 is 12.0 Å². The van der Waals surface area contributed by atoms with Crippen LogP contribution in [-0.4, -0.2) is 46.3 Å². The van der Waals surface area contributed by atoms with Gasteiger partial charge in [0.2, 0.25) is 0 Å². The summed E-state index contributed by atoms with van der Waals surface area (Å²) >= 11 is 1.31. The summed E-state index contributed by atoms with van der Waals surface area (Å²) < 4.78 is 30.1. The Bertz CT molecular complexity index is 1620. The maximum absolute atomic E-state index is 13.2. The number of carboxylic acid groups (broad SMARTS) is 1. The van der Waals surface area contributed by atoms with Crippen molar-refractivity contribution >= 4 is 33.8 Å². The molecule has 12 heteroatoms. The zero-order valence-corrected chi connectivity index (χ0v) is 24.3. The number of carbonyl (C=O) groups excluding carboxylic acids is 1. The van der Waals surface area contributed by atoms with Gasteiger partial charge < -0.3 is 15.0 Å². The number of aromatic nitrogens is 3. The number of hydrogen-bond donors (Lipinski definition) is 3. The van der Waals surface area contributed by atoms with Crippen LogP contribution in [0.3, 0.4) is 0 Å². The van der Waals surface area contributed by atoms with Crippen LogP contribution >= 0.6 is 11.8 Å². The van der Waals surface area contributed by atoms with Gasteiger partial charge in [-0.15, -0.1) is 11.8 Å². The molecular weight excluding hydrogens is 562 g/mol. The van der Waals surface area contributed by atoms with Crippen LogP contribution in [0.15, 0.2) is 82.8 Å². The van der Waals surface area contributed by atoms with Crippen molar-refractivity contribution in [3.05, 3.63) is 95.7 Å². The number of nitrogens with one attached hydrogen (secondary N) is 2. The minimum absolute atomic E-state index is 0.0463. The number of pyridine rings is 1. The van der Waals surface area contributed by atoms with Gasteiger partial charge in [0.05, 0.1) is 17.1 Å². The van der Waals surface area contributed by atoms with Crippen LogP contribution < -0.4 is 10.0 Å². The minimum atomic E-state index is -4.19. The number of sulfonamides is 1. The van der Waals surface area contributed by atoms with E-state index in [9.17, 15) is 23.1 Å². The summed E-state index contributed by atoms with van der Waals surface area (Å²) in [5.41, 5.74) is 2.65. The fraction of sp³-hybridized carbons (Fsp3) is 0.241. The molecule has 0 bridgehead atoms. The highest BCUT2D eigenvalue weighted by Crippen LogP contribution is 2.29. The van der Waals surface area contributed by atoms with E-state index in [0.29, 0.717) is 34.8 Å². The van der Waals surface area contributed by atoms with Crippen LogP contribution in [0, 0.1) is 0 Å². The van der Waals surface area contributed by atoms with E-state index in [-0.39, 0.29) is 17.1 Å². The topological polar surface area (TPSA) is 143 Å². The third kappa shape index (κ3) is 7.33. The normalized spacial score (nSPS) is 11.3. The molecular formula is C29H31N5O5S2. The number of unbranched alkanes of at least 4 members (excludes halogenated alkanes) is 1. The Morgan fingerprint density at radius 1 is 1.02 bits per heavy atom. The maximum atomic E-state index is 13.2. The molecule has 3 N–H and O–H groups in total. The number of urea groups is 1. The fourth-order valence-electron chi connectivity index (χ4n) is 4.32. The molecule has 0 fully saturated rings. The molecule has 0 spiro atoms. The Morgan fingerprint density at radius 3 is 2.41 bits per heavy atom. The highest BCUT2D eigenvalue weighted by molar-refractivity contribution is 7.98. The number of benzene rings is 2. The molecule has 0 radical (unpaired) electrons. The van der Waals surface area contributed by atoms with Gasteiger partial charge in [-0.3, -0.25) is 4.98 Å². The first-order valence-corrected chi connectivity index (χ1v) is 15.7. The van der Waals surface area contributed by atoms with E-state index in [1.54, 1.807) is 59.3 Å². The average Bonchev–Trinajstić information content (AvgIpc) is 3.33. The van der Waals surface area contributed by atoms with Crippen molar-refractivity contribution in [3.63, 3.8) is 0 Å². The molecule has 2 heterocycles. The standard InChI is InChI=1S/C29H31N5O5S2/c1-3-4-12-25-32-27(40-2)26(28(35)36)34(25)19-20-13-15-21(16-14-20)23-10-5-6-11-24(23)41(38,39)33-29(37)31-18-22-9-7-8-17-30-22/h5-11,13-17H,3-4,12,18-19H2,1-2H3,(H,35,36)(H2,31,33,37). The predicted molar refractivity (Wildman–Crippen MR) is 157 cm³/mol. The number of nitrogens with zero attached hydrogens (tertiary/aromatic N) is 3. The van der Waals surface area contributed by atoms with Gasteiger partial charge in [-0.1, -0.05) is 61.9 Å². The SMILES string of the molecule is CCCCc1nc(SC)c(C(=O)O)n1Cc1ccc(-c2ccccc2S(=O)(=O)NC(=O)NCc2ccccn2)cc1. The van der Waals surface area contributed by atoms with Crippen LogP contribution in [-0.2, 0) is 29.5 Å². The van der Waals surface area contributed by atoms with Crippen molar-refractivity contribution in [2.45, 2.75) is 49.2 Å². The molecule has 0 unspecified atom stereocenters. The lowest BCUT2D eigenvalue weighted by atomic mass is 10.0. The van der Waals surface area contributed by atoms with E-state index in [4.69, 9.17) is 0 Å². The number of imidazole rings is 1. The summed E-state index contributed by atoms with van der Waals surface area (Å²) in [5, 5.41) is 12.9. The van der Waals surface area contributed by atoms with Gasteiger partial charge in [0, 0.05) is 24.7 Å². The van der Waals surface area contributed by atoms with Gasteiger partial charge in [0.15, 0.2) is 5.69 Å². The molecule has 2 amide bonds. The van der Waals surface area contributed by atoms with Crippen LogP contribution in [0.1, 0.15) is 47.3 Å². The highest BCUT2D eigenvalue weighted by atomic mass is 32.2. The van der Waals surface area contributed by atoms with E-state index in [1.165, 1.54) is 17.8 Å². The molecule has 0 atom stereocenters. The van der Waals surface area contributed by atoms with E-state index in [1.807, 2.05) is 18.4 Å². The summed E-state index contributed by atoms with van der Waals surface area (Å²) in [5.74, 6) is -0.307. The molecule has 0 aliphatic rings. The van der Waals surface area contributed by atoms with E-state index in [0.717, 1.165) is 24.2 Å². The summed E-state index contributed by atoms with van der Waals surface area (Å²) in [6.07, 6.45) is 5.91. The number of carbonyl (C=O) groups is 2. The second-order valence-electron chi connectivity index (χ2n) is 9.18. The molecule has 0 aliphatic heterocycles. The molecule has 10 nitrogen and oxygen atoms in total. The maximum Gasteiger partial charge on any atom is 0.355 e. The molecule has 214 valence electrons. The fourth-order valence-corrected chi connectivity index (χ4v) is 6.07.